The van der Waals surface area contributed by atoms with Crippen molar-refractivity contribution in [1.29, 1.82) is 0 Å². The number of rotatable bonds is 7. The van der Waals surface area contributed by atoms with E-state index in [0.29, 0.717) is 18.9 Å². The zero-order chi connectivity index (χ0) is 19.9. The Labute approximate surface area is 184 Å². The lowest BCUT2D eigenvalue weighted by atomic mass is 10.1. The maximum absolute atomic E-state index is 11.8. The molecule has 1 aliphatic rings. The average molecular weight is 524 g/mol. The van der Waals surface area contributed by atoms with Gasteiger partial charge in [0.1, 0.15) is 12.3 Å². The molecular formula is C18H29IN4O4S. The Morgan fingerprint density at radius 2 is 1.96 bits per heavy atom. The maximum atomic E-state index is 11.8. The first-order chi connectivity index (χ1) is 12.8. The lowest BCUT2D eigenvalue weighted by Gasteiger charge is -2.17. The Balaban J connectivity index is 0.00000392. The summed E-state index contributed by atoms with van der Waals surface area (Å²) >= 11 is 0. The normalized spacial score (nSPS) is 18.1. The Hall–Kier alpha value is -1.56. The number of aliphatic imine (C=N–C) groups is 1. The molecule has 1 aromatic rings. The number of carbonyl (C=O) groups is 1. The molecular weight excluding hydrogens is 495 g/mol. The first kappa shape index (κ1) is 24.5. The van der Waals surface area contributed by atoms with Gasteiger partial charge in [-0.25, -0.2) is 13.4 Å². The van der Waals surface area contributed by atoms with Crippen LogP contribution >= 0.6 is 24.0 Å². The lowest BCUT2D eigenvalue weighted by molar-refractivity contribution is -0.127. The van der Waals surface area contributed by atoms with E-state index in [1.807, 2.05) is 24.3 Å². The molecule has 1 heterocycles. The molecule has 0 bridgehead atoms. The topological polar surface area (TPSA) is 100 Å². The maximum Gasteiger partial charge on any atom is 0.243 e. The standard InChI is InChI=1S/C18H28N4O4S.HI/c1-22(2)17(23)12-20-18(21-15-9-11-27(24,25)13-15)19-10-8-14-4-6-16(26-3)7-5-14;/h4-7,15H,8-13H2,1-3H3,(H2,19,20,21);1H. The summed E-state index contributed by atoms with van der Waals surface area (Å²) in [6, 6.07) is 7.61. The molecule has 0 aliphatic carbocycles. The third-order valence-corrected chi connectivity index (χ3v) is 6.08. The predicted octanol–water partition coefficient (Wildman–Crippen LogP) is 0.666. The molecule has 0 aromatic heterocycles. The number of hydrogen-bond donors (Lipinski definition) is 2. The van der Waals surface area contributed by atoms with Gasteiger partial charge in [-0.05, 0) is 30.5 Å². The SMILES string of the molecule is COc1ccc(CCNC(=NCC(=O)N(C)C)NC2CCS(=O)(=O)C2)cc1.I. The lowest BCUT2D eigenvalue weighted by Crippen LogP contribution is -2.45. The fourth-order valence-corrected chi connectivity index (χ4v) is 4.33. The number of nitrogens with zero attached hydrogens (tertiary/aromatic N) is 2. The minimum atomic E-state index is -2.99. The number of halogens is 1. The molecule has 1 amide bonds. The molecule has 158 valence electrons. The first-order valence-electron chi connectivity index (χ1n) is 8.87. The van der Waals surface area contributed by atoms with E-state index in [4.69, 9.17) is 4.74 Å². The molecule has 2 rings (SSSR count). The minimum Gasteiger partial charge on any atom is -0.497 e. The largest absolute Gasteiger partial charge is 0.497 e. The van der Waals surface area contributed by atoms with Crippen LogP contribution in [0.2, 0.25) is 0 Å². The van der Waals surface area contributed by atoms with Gasteiger partial charge in [-0.1, -0.05) is 12.1 Å². The zero-order valence-corrected chi connectivity index (χ0v) is 19.6. The number of nitrogens with one attached hydrogen (secondary N) is 2. The van der Waals surface area contributed by atoms with Crippen molar-refractivity contribution >= 4 is 45.7 Å². The van der Waals surface area contributed by atoms with Gasteiger partial charge < -0.3 is 20.3 Å². The second-order valence-electron chi connectivity index (χ2n) is 6.72. The van der Waals surface area contributed by atoms with E-state index in [-0.39, 0.29) is 54.0 Å². The number of ether oxygens (including phenoxy) is 1. The molecule has 0 saturated carbocycles. The number of amides is 1. The number of likely N-dealkylation sites (N-methyl/N-ethyl adjacent to an activating group) is 1. The van der Waals surface area contributed by atoms with Crippen molar-refractivity contribution in [3.63, 3.8) is 0 Å². The van der Waals surface area contributed by atoms with Gasteiger partial charge in [0, 0.05) is 26.7 Å². The van der Waals surface area contributed by atoms with Gasteiger partial charge in [-0.2, -0.15) is 0 Å². The third kappa shape index (κ3) is 8.21. The van der Waals surface area contributed by atoms with E-state index in [9.17, 15) is 13.2 Å². The molecule has 1 aliphatic heterocycles. The van der Waals surface area contributed by atoms with Crippen LogP contribution < -0.4 is 15.4 Å². The van der Waals surface area contributed by atoms with E-state index in [1.165, 1.54) is 4.90 Å². The van der Waals surface area contributed by atoms with E-state index in [1.54, 1.807) is 21.2 Å². The molecule has 2 N–H and O–H groups in total. The van der Waals surface area contributed by atoms with Crippen LogP contribution in [0.1, 0.15) is 12.0 Å². The van der Waals surface area contributed by atoms with Crippen LogP contribution in [0.5, 0.6) is 5.75 Å². The fourth-order valence-electron chi connectivity index (χ4n) is 2.66. The number of benzene rings is 1. The van der Waals surface area contributed by atoms with E-state index < -0.39 is 9.84 Å². The van der Waals surface area contributed by atoms with Crippen molar-refractivity contribution in [3.05, 3.63) is 29.8 Å². The fraction of sp³-hybridized carbons (Fsp3) is 0.556. The van der Waals surface area contributed by atoms with Crippen molar-refractivity contribution in [3.8, 4) is 5.75 Å². The molecule has 1 saturated heterocycles. The van der Waals surface area contributed by atoms with Crippen LogP contribution in [0.3, 0.4) is 0 Å². The third-order valence-electron chi connectivity index (χ3n) is 4.31. The number of guanidine groups is 1. The highest BCUT2D eigenvalue weighted by Crippen LogP contribution is 2.12. The van der Waals surface area contributed by atoms with Crippen LogP contribution in [0.4, 0.5) is 0 Å². The molecule has 10 heteroatoms. The molecule has 0 spiro atoms. The number of methoxy groups -OCH3 is 1. The summed E-state index contributed by atoms with van der Waals surface area (Å²) in [5.74, 6) is 1.42. The highest BCUT2D eigenvalue weighted by molar-refractivity contribution is 14.0. The van der Waals surface area contributed by atoms with Crippen LogP contribution in [0.15, 0.2) is 29.3 Å². The number of carbonyl (C=O) groups excluding carboxylic acids is 1. The smallest absolute Gasteiger partial charge is 0.243 e. The van der Waals surface area contributed by atoms with Gasteiger partial charge in [0.05, 0.1) is 18.6 Å². The first-order valence-corrected chi connectivity index (χ1v) is 10.7. The Bertz CT molecular complexity index is 766. The molecule has 1 atom stereocenters. The molecule has 1 unspecified atom stereocenters. The predicted molar refractivity (Wildman–Crippen MR) is 121 cm³/mol. The van der Waals surface area contributed by atoms with Crippen molar-refractivity contribution < 1.29 is 17.9 Å². The van der Waals surface area contributed by atoms with Gasteiger partial charge >= 0.3 is 0 Å². The molecule has 8 nitrogen and oxygen atoms in total. The summed E-state index contributed by atoms with van der Waals surface area (Å²) in [4.78, 5) is 17.6. The Kier molecular flexibility index (Phi) is 10.0. The van der Waals surface area contributed by atoms with Gasteiger partial charge in [0.25, 0.3) is 0 Å². The monoisotopic (exact) mass is 524 g/mol. The quantitative estimate of drug-likeness (QED) is 0.309. The summed E-state index contributed by atoms with van der Waals surface area (Å²) in [5, 5.41) is 6.33. The summed E-state index contributed by atoms with van der Waals surface area (Å²) < 4.78 is 28.5. The Morgan fingerprint density at radius 3 is 2.50 bits per heavy atom. The van der Waals surface area contributed by atoms with Gasteiger partial charge in [0.15, 0.2) is 15.8 Å². The summed E-state index contributed by atoms with van der Waals surface area (Å²) in [6.45, 7) is 0.609. The summed E-state index contributed by atoms with van der Waals surface area (Å²) in [7, 11) is 1.98. The molecule has 1 fully saturated rings. The molecule has 0 radical (unpaired) electrons. The van der Waals surface area contributed by atoms with Crippen LogP contribution in [-0.4, -0.2) is 77.0 Å². The number of sulfone groups is 1. The van der Waals surface area contributed by atoms with Gasteiger partial charge in [-0.3, -0.25) is 4.79 Å². The molecule has 1 aromatic carbocycles. The van der Waals surface area contributed by atoms with Crippen LogP contribution in [0.25, 0.3) is 0 Å². The van der Waals surface area contributed by atoms with Gasteiger partial charge in [-0.15, -0.1) is 24.0 Å². The van der Waals surface area contributed by atoms with Crippen molar-refractivity contribution in [1.82, 2.24) is 15.5 Å². The van der Waals surface area contributed by atoms with Crippen LogP contribution in [-0.2, 0) is 21.1 Å². The van der Waals surface area contributed by atoms with Crippen LogP contribution in [0, 0.1) is 0 Å². The van der Waals surface area contributed by atoms with E-state index in [0.717, 1.165) is 17.7 Å². The summed E-state index contributed by atoms with van der Waals surface area (Å²) in [5.41, 5.74) is 1.13. The zero-order valence-electron chi connectivity index (χ0n) is 16.5. The highest BCUT2D eigenvalue weighted by Gasteiger charge is 2.28. The van der Waals surface area contributed by atoms with E-state index >= 15 is 0 Å². The second kappa shape index (κ2) is 11.4. The van der Waals surface area contributed by atoms with Crippen molar-refractivity contribution in [2.75, 3.05) is 45.8 Å². The second-order valence-corrected chi connectivity index (χ2v) is 8.95. The van der Waals surface area contributed by atoms with Crippen molar-refractivity contribution in [2.24, 2.45) is 4.99 Å². The Morgan fingerprint density at radius 1 is 1.29 bits per heavy atom. The molecule has 28 heavy (non-hydrogen) atoms. The average Bonchev–Trinajstić information content (AvgIpc) is 2.98. The highest BCUT2D eigenvalue weighted by atomic mass is 127. The van der Waals surface area contributed by atoms with E-state index in [2.05, 4.69) is 15.6 Å². The van der Waals surface area contributed by atoms with Crippen molar-refractivity contribution in [2.45, 2.75) is 18.9 Å². The van der Waals surface area contributed by atoms with Gasteiger partial charge in [0.2, 0.25) is 5.91 Å². The summed E-state index contributed by atoms with van der Waals surface area (Å²) in [6.07, 6.45) is 1.30. The number of hydrogen-bond acceptors (Lipinski definition) is 5. The minimum absolute atomic E-state index is 0.